The van der Waals surface area contributed by atoms with Gasteiger partial charge in [0.05, 0.1) is 19.8 Å². The Bertz CT molecular complexity index is 687. The summed E-state index contributed by atoms with van der Waals surface area (Å²) in [5.74, 6) is 0.980. The van der Waals surface area contributed by atoms with Gasteiger partial charge in [0.25, 0.3) is 0 Å². The highest BCUT2D eigenvalue weighted by Crippen LogP contribution is 2.22. The Morgan fingerprint density at radius 2 is 1.96 bits per heavy atom. The van der Waals surface area contributed by atoms with E-state index in [0.717, 1.165) is 11.3 Å². The van der Waals surface area contributed by atoms with E-state index < -0.39 is 0 Å². The minimum atomic E-state index is -0.371. The first-order valence-electron chi connectivity index (χ1n) is 8.23. The third-order valence-electron chi connectivity index (χ3n) is 3.89. The molecule has 1 heterocycles. The highest BCUT2D eigenvalue weighted by Gasteiger charge is 2.17. The summed E-state index contributed by atoms with van der Waals surface area (Å²) in [6.07, 6.45) is 1.66. The van der Waals surface area contributed by atoms with Gasteiger partial charge in [0.2, 0.25) is 0 Å². The molecule has 1 atom stereocenters. The first-order chi connectivity index (χ1) is 12.1. The molecule has 0 aliphatic carbocycles. The summed E-state index contributed by atoms with van der Waals surface area (Å²) in [7, 11) is 5.68. The van der Waals surface area contributed by atoms with E-state index in [1.54, 1.807) is 32.4 Å². The van der Waals surface area contributed by atoms with Crippen LogP contribution in [0.15, 0.2) is 42.6 Å². The van der Waals surface area contributed by atoms with Crippen molar-refractivity contribution in [2.75, 3.05) is 39.7 Å². The minimum absolute atomic E-state index is 0.114. The maximum absolute atomic E-state index is 12.1. The molecule has 6 nitrogen and oxygen atoms in total. The Hall–Kier alpha value is -2.60. The van der Waals surface area contributed by atoms with Gasteiger partial charge in [-0.25, -0.2) is 9.78 Å². The molecule has 0 radical (unpaired) electrons. The number of anilines is 1. The molecule has 25 heavy (non-hydrogen) atoms. The van der Waals surface area contributed by atoms with Gasteiger partial charge in [-0.3, -0.25) is 0 Å². The van der Waals surface area contributed by atoms with E-state index in [-0.39, 0.29) is 12.0 Å². The first kappa shape index (κ1) is 18.7. The Balaban J connectivity index is 2.15. The number of rotatable bonds is 8. The second kappa shape index (κ2) is 9.03. The van der Waals surface area contributed by atoms with Crippen molar-refractivity contribution < 1.29 is 14.3 Å². The van der Waals surface area contributed by atoms with Gasteiger partial charge in [-0.1, -0.05) is 12.1 Å². The normalized spacial score (nSPS) is 11.9. The number of nitrogens with one attached hydrogen (secondary N) is 1. The van der Waals surface area contributed by atoms with Crippen molar-refractivity contribution in [2.45, 2.75) is 13.0 Å². The van der Waals surface area contributed by atoms with Gasteiger partial charge in [-0.15, -0.1) is 0 Å². The smallest absolute Gasteiger partial charge is 0.341 e. The number of esters is 1. The lowest BCUT2D eigenvalue weighted by atomic mass is 10.1. The van der Waals surface area contributed by atoms with E-state index in [2.05, 4.69) is 15.2 Å². The number of pyridine rings is 1. The highest BCUT2D eigenvalue weighted by atomic mass is 16.5. The van der Waals surface area contributed by atoms with Crippen LogP contribution in [0.1, 0.15) is 28.9 Å². The highest BCUT2D eigenvalue weighted by molar-refractivity contribution is 5.94. The fourth-order valence-electron chi connectivity index (χ4n) is 2.54. The summed E-state index contributed by atoms with van der Waals surface area (Å²) in [6.45, 7) is 2.72. The zero-order chi connectivity index (χ0) is 18.2. The Morgan fingerprint density at radius 1 is 1.24 bits per heavy atom. The molecule has 1 N–H and O–H groups in total. The van der Waals surface area contributed by atoms with Crippen LogP contribution in [0, 0.1) is 0 Å². The number of methoxy groups -OCH3 is 1. The quantitative estimate of drug-likeness (QED) is 0.744. The van der Waals surface area contributed by atoms with Crippen molar-refractivity contribution >= 4 is 11.8 Å². The molecule has 0 saturated heterocycles. The zero-order valence-corrected chi connectivity index (χ0v) is 15.2. The summed E-state index contributed by atoms with van der Waals surface area (Å²) in [4.78, 5) is 18.5. The van der Waals surface area contributed by atoms with Crippen LogP contribution in [0.3, 0.4) is 0 Å². The minimum Gasteiger partial charge on any atom is -0.497 e. The third kappa shape index (κ3) is 4.93. The zero-order valence-electron chi connectivity index (χ0n) is 15.2. The standard InChI is InChI=1S/C19H25N3O3/c1-5-25-19(23)16-7-6-12-20-18(16)21-13-17(22(2)3)14-8-10-15(24-4)11-9-14/h6-12,17H,5,13H2,1-4H3,(H,20,21)/t17-/m0/s1. The number of benzene rings is 1. The fourth-order valence-corrected chi connectivity index (χ4v) is 2.54. The number of hydrogen-bond donors (Lipinski definition) is 1. The molecule has 0 spiro atoms. The fraction of sp³-hybridized carbons (Fsp3) is 0.368. The van der Waals surface area contributed by atoms with Crippen LogP contribution in [-0.2, 0) is 4.74 Å². The van der Waals surface area contributed by atoms with Gasteiger partial charge in [0.1, 0.15) is 17.1 Å². The summed E-state index contributed by atoms with van der Waals surface area (Å²) >= 11 is 0. The van der Waals surface area contributed by atoms with Crippen molar-refractivity contribution in [3.05, 3.63) is 53.7 Å². The van der Waals surface area contributed by atoms with Crippen LogP contribution in [-0.4, -0.2) is 50.2 Å². The van der Waals surface area contributed by atoms with Crippen LogP contribution >= 0.6 is 0 Å². The summed E-state index contributed by atoms with van der Waals surface area (Å²) in [6, 6.07) is 11.5. The molecular formula is C19H25N3O3. The number of hydrogen-bond acceptors (Lipinski definition) is 6. The lowest BCUT2D eigenvalue weighted by molar-refractivity contribution is 0.0527. The lowest BCUT2D eigenvalue weighted by Crippen LogP contribution is -2.27. The van der Waals surface area contributed by atoms with E-state index >= 15 is 0 Å². The van der Waals surface area contributed by atoms with Crippen molar-refractivity contribution in [3.8, 4) is 5.75 Å². The van der Waals surface area contributed by atoms with Gasteiger partial charge in [-0.2, -0.15) is 0 Å². The number of aromatic nitrogens is 1. The van der Waals surface area contributed by atoms with E-state index in [4.69, 9.17) is 9.47 Å². The molecule has 0 aliphatic heterocycles. The maximum Gasteiger partial charge on any atom is 0.341 e. The monoisotopic (exact) mass is 343 g/mol. The number of carbonyl (C=O) groups is 1. The van der Waals surface area contributed by atoms with Crippen molar-refractivity contribution in [2.24, 2.45) is 0 Å². The molecule has 0 unspecified atom stereocenters. The van der Waals surface area contributed by atoms with Crippen LogP contribution in [0.4, 0.5) is 5.82 Å². The van der Waals surface area contributed by atoms with Crippen molar-refractivity contribution in [1.82, 2.24) is 9.88 Å². The SMILES string of the molecule is CCOC(=O)c1cccnc1NC[C@@H](c1ccc(OC)cc1)N(C)C. The second-order valence-corrected chi connectivity index (χ2v) is 5.75. The number of ether oxygens (including phenoxy) is 2. The van der Waals surface area contributed by atoms with Crippen LogP contribution < -0.4 is 10.1 Å². The summed E-state index contributed by atoms with van der Waals surface area (Å²) in [5.41, 5.74) is 1.59. The average molecular weight is 343 g/mol. The number of nitrogens with zero attached hydrogens (tertiary/aromatic N) is 2. The number of carbonyl (C=O) groups excluding carboxylic acids is 1. The van der Waals surface area contributed by atoms with Crippen LogP contribution in [0.25, 0.3) is 0 Å². The van der Waals surface area contributed by atoms with Gasteiger partial charge in [0.15, 0.2) is 0 Å². The summed E-state index contributed by atoms with van der Waals surface area (Å²) < 4.78 is 10.3. The second-order valence-electron chi connectivity index (χ2n) is 5.75. The molecule has 0 fully saturated rings. The molecule has 0 aliphatic rings. The van der Waals surface area contributed by atoms with Crippen molar-refractivity contribution in [3.63, 3.8) is 0 Å². The van der Waals surface area contributed by atoms with Crippen molar-refractivity contribution in [1.29, 1.82) is 0 Å². The van der Waals surface area contributed by atoms with Gasteiger partial charge in [0, 0.05) is 12.7 Å². The lowest BCUT2D eigenvalue weighted by Gasteiger charge is -2.26. The molecule has 0 bridgehead atoms. The van der Waals surface area contributed by atoms with Crippen LogP contribution in [0.5, 0.6) is 5.75 Å². The van der Waals surface area contributed by atoms with E-state index in [1.165, 1.54) is 0 Å². The molecule has 1 aromatic carbocycles. The van der Waals surface area contributed by atoms with Gasteiger partial charge >= 0.3 is 5.97 Å². The first-order valence-corrected chi connectivity index (χ1v) is 8.23. The topological polar surface area (TPSA) is 63.7 Å². The Kier molecular flexibility index (Phi) is 6.77. The van der Waals surface area contributed by atoms with Gasteiger partial charge in [-0.05, 0) is 50.8 Å². The molecule has 2 rings (SSSR count). The molecule has 6 heteroatoms. The predicted molar refractivity (Wildman–Crippen MR) is 98.1 cm³/mol. The van der Waals surface area contributed by atoms with Gasteiger partial charge < -0.3 is 19.7 Å². The third-order valence-corrected chi connectivity index (χ3v) is 3.89. The molecule has 1 aromatic heterocycles. The Morgan fingerprint density at radius 3 is 2.56 bits per heavy atom. The predicted octanol–water partition coefficient (Wildman–Crippen LogP) is 2.98. The number of likely N-dealkylation sites (N-methyl/N-ethyl adjacent to an activating group) is 1. The molecule has 134 valence electrons. The molecule has 0 amide bonds. The molecular weight excluding hydrogens is 318 g/mol. The van der Waals surface area contributed by atoms with E-state index in [0.29, 0.717) is 24.5 Å². The largest absolute Gasteiger partial charge is 0.497 e. The van der Waals surface area contributed by atoms with Crippen LogP contribution in [0.2, 0.25) is 0 Å². The Labute approximate surface area is 148 Å². The molecule has 2 aromatic rings. The maximum atomic E-state index is 12.1. The van der Waals surface area contributed by atoms with E-state index in [1.807, 2.05) is 38.4 Å². The average Bonchev–Trinajstić information content (AvgIpc) is 2.62. The summed E-state index contributed by atoms with van der Waals surface area (Å²) in [5, 5.41) is 3.28. The molecule has 0 saturated carbocycles. The van der Waals surface area contributed by atoms with E-state index in [9.17, 15) is 4.79 Å².